The molecule has 4 rings (SSSR count). The maximum Gasteiger partial charge on any atom is 0.266 e. The second-order valence-electron chi connectivity index (χ2n) is 7.40. The van der Waals surface area contributed by atoms with Gasteiger partial charge in [0.25, 0.3) is 5.56 Å². The van der Waals surface area contributed by atoms with Crippen LogP contribution in [-0.4, -0.2) is 25.7 Å². The molecule has 32 heavy (non-hydrogen) atoms. The smallest absolute Gasteiger partial charge is 0.266 e. The molecule has 2 aromatic heterocycles. The van der Waals surface area contributed by atoms with Gasteiger partial charge in [0.05, 0.1) is 26.9 Å². The summed E-state index contributed by atoms with van der Waals surface area (Å²) in [5.74, 6) is 0.158. The molecule has 2 heterocycles. The van der Waals surface area contributed by atoms with Gasteiger partial charge in [-0.15, -0.1) is 0 Å². The average Bonchev–Trinajstić information content (AvgIpc) is 2.77. The van der Waals surface area contributed by atoms with Crippen molar-refractivity contribution in [1.29, 1.82) is 0 Å². The minimum Gasteiger partial charge on any atom is -0.310 e. The summed E-state index contributed by atoms with van der Waals surface area (Å²) in [6, 6.07) is 16.4. The number of carbonyl (C=O) groups is 1. The van der Waals surface area contributed by atoms with Crippen molar-refractivity contribution in [3.63, 3.8) is 0 Å². The van der Waals surface area contributed by atoms with Gasteiger partial charge in [-0.1, -0.05) is 53.7 Å². The Bertz CT molecular complexity index is 1350. The average molecular weight is 465 g/mol. The van der Waals surface area contributed by atoms with E-state index in [9.17, 15) is 9.59 Å². The molecule has 162 valence electrons. The Labute approximate surface area is 194 Å². The fourth-order valence-electron chi connectivity index (χ4n) is 3.44. The number of rotatable bonds is 5. The molecule has 6 nitrogen and oxygen atoms in total. The van der Waals surface area contributed by atoms with Crippen LogP contribution < -0.4 is 10.9 Å². The first-order chi connectivity index (χ1) is 15.3. The number of nitrogens with one attached hydrogen (secondary N) is 1. The molecule has 1 N–H and O–H groups in total. The molecule has 8 heteroatoms. The van der Waals surface area contributed by atoms with E-state index < -0.39 is 5.25 Å². The Hall–Kier alpha value is -3.16. The van der Waals surface area contributed by atoms with Gasteiger partial charge in [0.15, 0.2) is 5.16 Å². The summed E-state index contributed by atoms with van der Waals surface area (Å²) in [4.78, 5) is 35.2. The first-order valence-corrected chi connectivity index (χ1v) is 11.3. The summed E-state index contributed by atoms with van der Waals surface area (Å²) in [5.41, 5.74) is 3.11. The van der Waals surface area contributed by atoms with Crippen molar-refractivity contribution in [2.24, 2.45) is 0 Å². The van der Waals surface area contributed by atoms with Crippen molar-refractivity contribution < 1.29 is 4.79 Å². The molecule has 1 amide bonds. The van der Waals surface area contributed by atoms with E-state index in [1.54, 1.807) is 35.8 Å². The Balaban J connectivity index is 1.76. The van der Waals surface area contributed by atoms with Crippen LogP contribution in [0.1, 0.15) is 18.1 Å². The fourth-order valence-corrected chi connectivity index (χ4v) is 4.46. The Morgan fingerprint density at radius 1 is 1.06 bits per heavy atom. The minimum absolute atomic E-state index is 0.164. The molecule has 0 aliphatic rings. The highest BCUT2D eigenvalue weighted by molar-refractivity contribution is 8.00. The molecule has 1 atom stereocenters. The molecule has 0 saturated heterocycles. The third kappa shape index (κ3) is 4.40. The van der Waals surface area contributed by atoms with E-state index >= 15 is 0 Å². The van der Waals surface area contributed by atoms with E-state index in [1.807, 2.05) is 44.2 Å². The Morgan fingerprint density at radius 2 is 1.78 bits per heavy atom. The topological polar surface area (TPSA) is 76.9 Å². The number of nitrogens with zero attached hydrogens (tertiary/aromatic N) is 3. The van der Waals surface area contributed by atoms with Crippen LogP contribution in [0.15, 0.2) is 70.7 Å². The number of fused-ring (bicyclic) bond motifs is 1. The maximum atomic E-state index is 13.5. The number of aryl methyl sites for hydroxylation is 2. The normalized spacial score (nSPS) is 12.0. The zero-order chi connectivity index (χ0) is 22.8. The molecule has 0 aliphatic carbocycles. The van der Waals surface area contributed by atoms with Gasteiger partial charge in [-0.05, 0) is 56.2 Å². The SMILES string of the molecule is Cc1cccc(C)c1-n1c(S[C@@H](C)C(=O)Nc2ccc(Cl)cn2)nc2ccccc2c1=O. The van der Waals surface area contributed by atoms with E-state index in [0.29, 0.717) is 26.9 Å². The number of thioether (sulfide) groups is 1. The lowest BCUT2D eigenvalue weighted by molar-refractivity contribution is -0.115. The van der Waals surface area contributed by atoms with E-state index in [1.165, 1.54) is 18.0 Å². The highest BCUT2D eigenvalue weighted by Crippen LogP contribution is 2.28. The van der Waals surface area contributed by atoms with Gasteiger partial charge in [-0.2, -0.15) is 0 Å². The summed E-state index contributed by atoms with van der Waals surface area (Å²) in [6.07, 6.45) is 1.47. The van der Waals surface area contributed by atoms with Crippen LogP contribution in [0.2, 0.25) is 5.02 Å². The number of aromatic nitrogens is 3. The minimum atomic E-state index is -0.531. The largest absolute Gasteiger partial charge is 0.310 e. The highest BCUT2D eigenvalue weighted by Gasteiger charge is 2.22. The molecule has 0 bridgehead atoms. The monoisotopic (exact) mass is 464 g/mol. The highest BCUT2D eigenvalue weighted by atomic mass is 35.5. The Kier molecular flexibility index (Phi) is 6.30. The molecule has 0 aliphatic heterocycles. The molecule has 0 fully saturated rings. The van der Waals surface area contributed by atoms with Gasteiger partial charge in [0.2, 0.25) is 5.91 Å². The van der Waals surface area contributed by atoms with Crippen LogP contribution in [0.3, 0.4) is 0 Å². The van der Waals surface area contributed by atoms with E-state index in [2.05, 4.69) is 10.3 Å². The number of anilines is 1. The molecular weight excluding hydrogens is 444 g/mol. The van der Waals surface area contributed by atoms with Crippen LogP contribution in [-0.2, 0) is 4.79 Å². The number of hydrogen-bond donors (Lipinski definition) is 1. The maximum absolute atomic E-state index is 13.5. The second-order valence-corrected chi connectivity index (χ2v) is 9.15. The van der Waals surface area contributed by atoms with Gasteiger partial charge in [0.1, 0.15) is 5.82 Å². The second kappa shape index (κ2) is 9.14. The fraction of sp³-hybridized carbons (Fsp3) is 0.167. The van der Waals surface area contributed by atoms with Gasteiger partial charge in [-0.25, -0.2) is 9.97 Å². The van der Waals surface area contributed by atoms with E-state index in [0.717, 1.165) is 16.8 Å². The number of hydrogen-bond acceptors (Lipinski definition) is 5. The molecule has 0 unspecified atom stereocenters. The third-order valence-corrected chi connectivity index (χ3v) is 6.31. The number of para-hydroxylation sites is 2. The summed E-state index contributed by atoms with van der Waals surface area (Å²) in [6.45, 7) is 5.69. The van der Waals surface area contributed by atoms with E-state index in [4.69, 9.17) is 16.6 Å². The molecule has 2 aromatic carbocycles. The van der Waals surface area contributed by atoms with Crippen molar-refractivity contribution in [3.05, 3.63) is 87.3 Å². The lowest BCUT2D eigenvalue weighted by Crippen LogP contribution is -2.27. The number of pyridine rings is 1. The first-order valence-electron chi connectivity index (χ1n) is 10.0. The van der Waals surface area contributed by atoms with Crippen molar-refractivity contribution in [1.82, 2.24) is 14.5 Å². The zero-order valence-electron chi connectivity index (χ0n) is 17.8. The van der Waals surface area contributed by atoms with Crippen molar-refractivity contribution in [2.75, 3.05) is 5.32 Å². The quantitative estimate of drug-likeness (QED) is 0.325. The lowest BCUT2D eigenvalue weighted by Gasteiger charge is -2.19. The van der Waals surface area contributed by atoms with E-state index in [-0.39, 0.29) is 11.5 Å². The molecule has 0 spiro atoms. The Morgan fingerprint density at radius 3 is 2.47 bits per heavy atom. The summed E-state index contributed by atoms with van der Waals surface area (Å²) in [5, 5.41) is 3.72. The van der Waals surface area contributed by atoms with Crippen LogP contribution in [0, 0.1) is 13.8 Å². The van der Waals surface area contributed by atoms with Crippen molar-refractivity contribution in [2.45, 2.75) is 31.2 Å². The van der Waals surface area contributed by atoms with Crippen LogP contribution in [0.4, 0.5) is 5.82 Å². The predicted octanol–water partition coefficient (Wildman–Crippen LogP) is 5.17. The summed E-state index contributed by atoms with van der Waals surface area (Å²) in [7, 11) is 0. The van der Waals surface area contributed by atoms with Gasteiger partial charge < -0.3 is 5.32 Å². The summed E-state index contributed by atoms with van der Waals surface area (Å²) < 4.78 is 1.61. The van der Waals surface area contributed by atoms with Crippen LogP contribution in [0.25, 0.3) is 16.6 Å². The van der Waals surface area contributed by atoms with Crippen LogP contribution >= 0.6 is 23.4 Å². The number of halogens is 1. The van der Waals surface area contributed by atoms with Crippen LogP contribution in [0.5, 0.6) is 0 Å². The van der Waals surface area contributed by atoms with Crippen molar-refractivity contribution >= 4 is 46.0 Å². The molecule has 0 radical (unpaired) electrons. The van der Waals surface area contributed by atoms with Crippen molar-refractivity contribution in [3.8, 4) is 5.69 Å². The number of carbonyl (C=O) groups excluding carboxylic acids is 1. The number of benzene rings is 2. The number of amides is 1. The standard InChI is InChI=1S/C24H21ClN4O2S/c1-14-7-6-8-15(2)21(14)29-23(31)18-9-4-5-10-19(18)27-24(29)32-16(3)22(30)28-20-12-11-17(25)13-26-20/h4-13,16H,1-3H3,(H,26,28,30)/t16-/m0/s1. The molecule has 4 aromatic rings. The van der Waals surface area contributed by atoms with Gasteiger partial charge in [-0.3, -0.25) is 14.2 Å². The summed E-state index contributed by atoms with van der Waals surface area (Å²) >= 11 is 7.09. The predicted molar refractivity (Wildman–Crippen MR) is 130 cm³/mol. The first kappa shape index (κ1) is 22.0. The zero-order valence-corrected chi connectivity index (χ0v) is 19.4. The molecule has 0 saturated carbocycles. The lowest BCUT2D eigenvalue weighted by atomic mass is 10.1. The molecular formula is C24H21ClN4O2S. The van der Waals surface area contributed by atoms with Gasteiger partial charge >= 0.3 is 0 Å². The van der Waals surface area contributed by atoms with Gasteiger partial charge in [0, 0.05) is 6.20 Å². The third-order valence-electron chi connectivity index (χ3n) is 5.04.